The molecule has 5 heteroatoms. The third-order valence-corrected chi connectivity index (χ3v) is 2.22. The van der Waals surface area contributed by atoms with Gasteiger partial charge in [0.05, 0.1) is 6.57 Å². The van der Waals surface area contributed by atoms with Gasteiger partial charge in [0.1, 0.15) is 5.56 Å². The molecular weight excluding hydrogens is 208 g/mol. The van der Waals surface area contributed by atoms with Crippen LogP contribution in [0.15, 0.2) is 29.2 Å². The molecule has 0 aliphatic heterocycles. The highest BCUT2D eigenvalue weighted by atomic mass is 16.4. The fraction of sp³-hybridized carbons (Fsp3) is 0. The highest BCUT2D eigenvalue weighted by Crippen LogP contribution is 2.17. The number of carbonyl (C=O) groups is 1. The highest BCUT2D eigenvalue weighted by Gasteiger charge is 2.11. The van der Waals surface area contributed by atoms with Crippen molar-refractivity contribution in [3.63, 3.8) is 0 Å². The first-order chi connectivity index (χ1) is 7.63. The van der Waals surface area contributed by atoms with Gasteiger partial charge in [-0.25, -0.2) is 9.64 Å². The van der Waals surface area contributed by atoms with Crippen LogP contribution in [0.5, 0.6) is 0 Å². The van der Waals surface area contributed by atoms with E-state index in [1.807, 2.05) is 0 Å². The van der Waals surface area contributed by atoms with Crippen LogP contribution in [0.25, 0.3) is 15.7 Å². The lowest BCUT2D eigenvalue weighted by molar-refractivity contribution is 0.0695. The number of hydrogen-bond acceptors (Lipinski definition) is 2. The van der Waals surface area contributed by atoms with Gasteiger partial charge < -0.3 is 10.1 Å². The van der Waals surface area contributed by atoms with Crippen LogP contribution in [0.2, 0.25) is 0 Å². The van der Waals surface area contributed by atoms with E-state index in [0.29, 0.717) is 11.2 Å². The third kappa shape index (κ3) is 1.42. The molecule has 0 aliphatic carbocycles. The van der Waals surface area contributed by atoms with Gasteiger partial charge in [-0.15, -0.1) is 0 Å². The Kier molecular flexibility index (Phi) is 2.18. The van der Waals surface area contributed by atoms with Crippen LogP contribution in [0.4, 0.5) is 5.69 Å². The SMILES string of the molecule is [C-]#[N+]c1ccc2c(=O)c(C(=O)O)c[nH]c2c1. The lowest BCUT2D eigenvalue weighted by Crippen LogP contribution is -2.15. The predicted molar refractivity (Wildman–Crippen MR) is 57.8 cm³/mol. The van der Waals surface area contributed by atoms with Crippen LogP contribution in [0.1, 0.15) is 10.4 Å². The van der Waals surface area contributed by atoms with Crippen molar-refractivity contribution in [2.24, 2.45) is 0 Å². The molecule has 5 nitrogen and oxygen atoms in total. The standard InChI is InChI=1S/C11H6N2O3/c1-12-6-2-3-7-9(4-6)13-5-8(10(7)14)11(15)16/h2-5H,(H,13,14)(H,15,16). The number of pyridine rings is 1. The second-order valence-corrected chi connectivity index (χ2v) is 3.18. The Bertz CT molecular complexity index is 680. The molecule has 0 amide bonds. The number of H-pyrrole nitrogens is 1. The zero-order valence-electron chi connectivity index (χ0n) is 8.02. The summed E-state index contributed by atoms with van der Waals surface area (Å²) >= 11 is 0. The van der Waals surface area contributed by atoms with Gasteiger partial charge in [-0.2, -0.15) is 0 Å². The van der Waals surface area contributed by atoms with E-state index in [9.17, 15) is 9.59 Å². The van der Waals surface area contributed by atoms with Gasteiger partial charge in [-0.05, 0) is 6.07 Å². The summed E-state index contributed by atoms with van der Waals surface area (Å²) in [5.41, 5.74) is 0.00979. The van der Waals surface area contributed by atoms with Crippen molar-refractivity contribution in [1.82, 2.24) is 4.98 Å². The van der Waals surface area contributed by atoms with Crippen molar-refractivity contribution in [2.45, 2.75) is 0 Å². The van der Waals surface area contributed by atoms with Crippen LogP contribution >= 0.6 is 0 Å². The minimum absolute atomic E-state index is 0.271. The number of rotatable bonds is 1. The van der Waals surface area contributed by atoms with Crippen molar-refractivity contribution in [3.8, 4) is 0 Å². The Morgan fingerprint density at radius 3 is 2.81 bits per heavy atom. The molecule has 0 aliphatic rings. The van der Waals surface area contributed by atoms with Crippen molar-refractivity contribution >= 4 is 22.6 Å². The zero-order chi connectivity index (χ0) is 11.7. The van der Waals surface area contributed by atoms with Gasteiger partial charge in [-0.1, -0.05) is 12.1 Å². The molecular formula is C11H6N2O3. The van der Waals surface area contributed by atoms with E-state index in [2.05, 4.69) is 9.83 Å². The van der Waals surface area contributed by atoms with Gasteiger partial charge in [-0.3, -0.25) is 4.79 Å². The molecule has 2 aromatic rings. The van der Waals surface area contributed by atoms with E-state index in [1.165, 1.54) is 18.2 Å². The fourth-order valence-corrected chi connectivity index (χ4v) is 1.44. The molecule has 0 bridgehead atoms. The first-order valence-corrected chi connectivity index (χ1v) is 4.39. The number of aromatic amines is 1. The normalized spacial score (nSPS) is 9.94. The van der Waals surface area contributed by atoms with E-state index in [4.69, 9.17) is 11.7 Å². The molecule has 2 N–H and O–H groups in total. The average Bonchev–Trinajstić information content (AvgIpc) is 2.28. The lowest BCUT2D eigenvalue weighted by Gasteiger charge is -1.99. The van der Waals surface area contributed by atoms with Crippen molar-refractivity contribution in [2.75, 3.05) is 0 Å². The molecule has 1 aromatic heterocycles. The Labute approximate surface area is 89.8 Å². The maximum atomic E-state index is 11.7. The number of fused-ring (bicyclic) bond motifs is 1. The Balaban J connectivity index is 2.83. The number of hydrogen-bond donors (Lipinski definition) is 2. The lowest BCUT2D eigenvalue weighted by atomic mass is 10.1. The number of nitrogens with one attached hydrogen (secondary N) is 1. The molecule has 1 heterocycles. The van der Waals surface area contributed by atoms with Crippen LogP contribution in [0, 0.1) is 6.57 Å². The topological polar surface area (TPSA) is 74.5 Å². The maximum absolute atomic E-state index is 11.7. The van der Waals surface area contributed by atoms with E-state index < -0.39 is 11.4 Å². The summed E-state index contributed by atoms with van der Waals surface area (Å²) in [5, 5.41) is 9.03. The maximum Gasteiger partial charge on any atom is 0.341 e. The van der Waals surface area contributed by atoms with Crippen molar-refractivity contribution < 1.29 is 9.90 Å². The molecule has 0 spiro atoms. The molecule has 78 valence electrons. The second-order valence-electron chi connectivity index (χ2n) is 3.18. The molecule has 0 radical (unpaired) electrons. The number of carboxylic acids is 1. The van der Waals surface area contributed by atoms with E-state index in [-0.39, 0.29) is 10.9 Å². The minimum Gasteiger partial charge on any atom is -0.477 e. The summed E-state index contributed by atoms with van der Waals surface area (Å²) in [4.78, 5) is 28.3. The van der Waals surface area contributed by atoms with Crippen LogP contribution in [-0.4, -0.2) is 16.1 Å². The average molecular weight is 214 g/mol. The molecule has 16 heavy (non-hydrogen) atoms. The summed E-state index contributed by atoms with van der Waals surface area (Å²) in [6.45, 7) is 6.82. The van der Waals surface area contributed by atoms with Crippen LogP contribution < -0.4 is 5.43 Å². The van der Waals surface area contributed by atoms with E-state index >= 15 is 0 Å². The van der Waals surface area contributed by atoms with Crippen molar-refractivity contribution in [3.05, 3.63) is 51.6 Å². The molecule has 0 fully saturated rings. The smallest absolute Gasteiger partial charge is 0.341 e. The van der Waals surface area contributed by atoms with Crippen molar-refractivity contribution in [1.29, 1.82) is 0 Å². The summed E-state index contributed by atoms with van der Waals surface area (Å²) in [7, 11) is 0. The summed E-state index contributed by atoms with van der Waals surface area (Å²) in [5.74, 6) is -1.27. The Morgan fingerprint density at radius 2 is 2.19 bits per heavy atom. The monoisotopic (exact) mass is 214 g/mol. The molecule has 0 saturated carbocycles. The molecule has 2 rings (SSSR count). The van der Waals surface area contributed by atoms with E-state index in [1.54, 1.807) is 0 Å². The number of aromatic nitrogens is 1. The van der Waals surface area contributed by atoms with Gasteiger partial charge >= 0.3 is 5.97 Å². The number of carboxylic acid groups (broad SMARTS) is 1. The molecule has 0 unspecified atom stereocenters. The number of aromatic carboxylic acids is 1. The second kappa shape index (κ2) is 3.51. The van der Waals surface area contributed by atoms with Gasteiger partial charge in [0.15, 0.2) is 5.69 Å². The van der Waals surface area contributed by atoms with Crippen LogP contribution in [0.3, 0.4) is 0 Å². The summed E-state index contributed by atoms with van der Waals surface area (Å²) in [6.07, 6.45) is 1.14. The summed E-state index contributed by atoms with van der Waals surface area (Å²) < 4.78 is 0. The molecule has 0 saturated heterocycles. The molecule has 1 aromatic carbocycles. The summed E-state index contributed by atoms with van der Waals surface area (Å²) in [6, 6.07) is 4.44. The molecule has 0 atom stereocenters. The Morgan fingerprint density at radius 1 is 1.44 bits per heavy atom. The third-order valence-electron chi connectivity index (χ3n) is 2.22. The largest absolute Gasteiger partial charge is 0.477 e. The highest BCUT2D eigenvalue weighted by molar-refractivity contribution is 5.92. The van der Waals surface area contributed by atoms with Gasteiger partial charge in [0.25, 0.3) is 0 Å². The van der Waals surface area contributed by atoms with E-state index in [0.717, 1.165) is 6.20 Å². The van der Waals surface area contributed by atoms with Gasteiger partial charge in [0, 0.05) is 17.1 Å². The predicted octanol–water partition coefficient (Wildman–Crippen LogP) is 1.78. The van der Waals surface area contributed by atoms with Gasteiger partial charge in [0.2, 0.25) is 5.43 Å². The minimum atomic E-state index is -1.27. The first-order valence-electron chi connectivity index (χ1n) is 4.39. The quantitative estimate of drug-likeness (QED) is 0.710. The number of nitrogens with zero attached hydrogens (tertiary/aromatic N) is 1. The fourth-order valence-electron chi connectivity index (χ4n) is 1.44. The zero-order valence-corrected chi connectivity index (χ0v) is 8.02. The first kappa shape index (κ1) is 9.93. The van der Waals surface area contributed by atoms with Crippen LogP contribution in [-0.2, 0) is 0 Å². The Hall–Kier alpha value is -2.61. The number of benzene rings is 1.